The smallest absolute Gasteiger partial charge is 0.130 e. The second-order valence-electron chi connectivity index (χ2n) is 4.04. The van der Waals surface area contributed by atoms with Crippen LogP contribution >= 0.6 is 15.9 Å². The molecular weight excluding hydrogens is 257 g/mol. The first-order valence-corrected chi connectivity index (χ1v) is 5.97. The minimum atomic E-state index is -0.230. The van der Waals surface area contributed by atoms with Gasteiger partial charge in [0, 0.05) is 16.1 Å². The molecular formula is C12H17BrFN. The Hall–Kier alpha value is -0.410. The van der Waals surface area contributed by atoms with Crippen LogP contribution in [-0.4, -0.2) is 0 Å². The molecule has 0 amide bonds. The van der Waals surface area contributed by atoms with Gasteiger partial charge in [-0.1, -0.05) is 36.2 Å². The number of halogens is 2. The summed E-state index contributed by atoms with van der Waals surface area (Å²) in [6.07, 6.45) is 0.951. The monoisotopic (exact) mass is 273 g/mol. The number of nitrogens with two attached hydrogens (primary N) is 1. The predicted molar refractivity (Wildman–Crippen MR) is 65.2 cm³/mol. The van der Waals surface area contributed by atoms with Gasteiger partial charge in [-0.3, -0.25) is 0 Å². The van der Waals surface area contributed by atoms with E-state index in [2.05, 4.69) is 22.9 Å². The van der Waals surface area contributed by atoms with Crippen LogP contribution in [0.4, 0.5) is 4.39 Å². The van der Waals surface area contributed by atoms with E-state index in [-0.39, 0.29) is 17.8 Å². The van der Waals surface area contributed by atoms with Crippen LogP contribution in [0.3, 0.4) is 0 Å². The van der Waals surface area contributed by atoms with Crippen molar-refractivity contribution in [3.05, 3.63) is 33.5 Å². The lowest BCUT2D eigenvalue weighted by atomic mass is 9.92. The second-order valence-corrected chi connectivity index (χ2v) is 4.95. The number of hydrogen-bond donors (Lipinski definition) is 1. The SMILES string of the molecule is CCC(C)[C@@H](N)c1cc(Br)cc(C)c1F. The van der Waals surface area contributed by atoms with Gasteiger partial charge in [0.15, 0.2) is 0 Å². The summed E-state index contributed by atoms with van der Waals surface area (Å²) in [5, 5.41) is 0. The van der Waals surface area contributed by atoms with Crippen molar-refractivity contribution in [1.82, 2.24) is 0 Å². The van der Waals surface area contributed by atoms with Gasteiger partial charge in [0.2, 0.25) is 0 Å². The molecule has 0 heterocycles. The summed E-state index contributed by atoms with van der Waals surface area (Å²) in [6.45, 7) is 5.86. The van der Waals surface area contributed by atoms with E-state index in [1.54, 1.807) is 19.1 Å². The molecule has 0 bridgehead atoms. The van der Waals surface area contributed by atoms with Gasteiger partial charge in [-0.2, -0.15) is 0 Å². The highest BCUT2D eigenvalue weighted by Gasteiger charge is 2.18. The van der Waals surface area contributed by atoms with Gasteiger partial charge in [0.25, 0.3) is 0 Å². The maximum Gasteiger partial charge on any atom is 0.130 e. The molecule has 0 saturated heterocycles. The fourth-order valence-corrected chi connectivity index (χ4v) is 2.14. The van der Waals surface area contributed by atoms with Crippen molar-refractivity contribution in [1.29, 1.82) is 0 Å². The quantitative estimate of drug-likeness (QED) is 0.887. The zero-order valence-corrected chi connectivity index (χ0v) is 10.9. The van der Waals surface area contributed by atoms with Gasteiger partial charge >= 0.3 is 0 Å². The van der Waals surface area contributed by atoms with Gasteiger partial charge in [-0.05, 0) is 30.5 Å². The summed E-state index contributed by atoms with van der Waals surface area (Å²) < 4.78 is 14.7. The van der Waals surface area contributed by atoms with E-state index in [1.807, 2.05) is 6.92 Å². The average molecular weight is 274 g/mol. The maximum absolute atomic E-state index is 13.8. The lowest BCUT2D eigenvalue weighted by molar-refractivity contribution is 0.438. The summed E-state index contributed by atoms with van der Waals surface area (Å²) in [5.41, 5.74) is 7.27. The Kier molecular flexibility index (Phi) is 4.29. The molecule has 0 aliphatic carbocycles. The van der Waals surface area contributed by atoms with Crippen LogP contribution in [0, 0.1) is 18.7 Å². The standard InChI is InChI=1S/C12H17BrFN/c1-4-7(2)12(15)10-6-9(13)5-8(3)11(10)14/h5-7,12H,4,15H2,1-3H3/t7?,12-/m1/s1. The van der Waals surface area contributed by atoms with Crippen LogP contribution in [0.5, 0.6) is 0 Å². The molecule has 1 rings (SSSR count). The van der Waals surface area contributed by atoms with Crippen molar-refractivity contribution in [2.45, 2.75) is 33.2 Å². The summed E-state index contributed by atoms with van der Waals surface area (Å²) in [5.74, 6) is 0.110. The highest BCUT2D eigenvalue weighted by molar-refractivity contribution is 9.10. The van der Waals surface area contributed by atoms with Crippen molar-refractivity contribution < 1.29 is 4.39 Å². The van der Waals surface area contributed by atoms with Gasteiger partial charge in [0.1, 0.15) is 5.82 Å². The minimum absolute atomic E-state index is 0.175. The van der Waals surface area contributed by atoms with Gasteiger partial charge in [0.05, 0.1) is 0 Å². The Morgan fingerprint density at radius 1 is 1.47 bits per heavy atom. The van der Waals surface area contributed by atoms with E-state index >= 15 is 0 Å². The van der Waals surface area contributed by atoms with Gasteiger partial charge in [-0.15, -0.1) is 0 Å². The van der Waals surface area contributed by atoms with Crippen LogP contribution in [0.25, 0.3) is 0 Å². The van der Waals surface area contributed by atoms with Crippen LogP contribution < -0.4 is 5.73 Å². The van der Waals surface area contributed by atoms with Gasteiger partial charge < -0.3 is 5.73 Å². The van der Waals surface area contributed by atoms with Crippen molar-refractivity contribution in [2.75, 3.05) is 0 Å². The van der Waals surface area contributed by atoms with E-state index in [0.717, 1.165) is 10.9 Å². The first-order valence-electron chi connectivity index (χ1n) is 5.18. The molecule has 1 aromatic rings. The van der Waals surface area contributed by atoms with E-state index in [9.17, 15) is 4.39 Å². The largest absolute Gasteiger partial charge is 0.324 e. The Morgan fingerprint density at radius 3 is 2.60 bits per heavy atom. The fourth-order valence-electron chi connectivity index (χ4n) is 1.55. The van der Waals surface area contributed by atoms with E-state index in [4.69, 9.17) is 5.73 Å². The molecule has 0 spiro atoms. The Labute approximate surface area is 99.0 Å². The topological polar surface area (TPSA) is 26.0 Å². The van der Waals surface area contributed by atoms with Crippen molar-refractivity contribution in [2.24, 2.45) is 11.7 Å². The highest BCUT2D eigenvalue weighted by atomic mass is 79.9. The minimum Gasteiger partial charge on any atom is -0.324 e. The Balaban J connectivity index is 3.13. The molecule has 0 aliphatic heterocycles. The molecule has 2 atom stereocenters. The molecule has 0 aliphatic rings. The first kappa shape index (κ1) is 12.7. The lowest BCUT2D eigenvalue weighted by Gasteiger charge is -2.20. The average Bonchev–Trinajstić information content (AvgIpc) is 2.21. The van der Waals surface area contributed by atoms with Crippen LogP contribution in [0.1, 0.15) is 37.4 Å². The lowest BCUT2D eigenvalue weighted by Crippen LogP contribution is -2.20. The number of benzene rings is 1. The predicted octanol–water partition coefficient (Wildman–Crippen LogP) is 3.94. The fraction of sp³-hybridized carbons (Fsp3) is 0.500. The summed E-state index contributed by atoms with van der Waals surface area (Å²) in [4.78, 5) is 0. The number of rotatable bonds is 3. The van der Waals surface area contributed by atoms with Crippen molar-refractivity contribution >= 4 is 15.9 Å². The molecule has 1 aromatic carbocycles. The summed E-state index contributed by atoms with van der Waals surface area (Å²) in [6, 6.07) is 3.31. The maximum atomic E-state index is 13.8. The molecule has 1 nitrogen and oxygen atoms in total. The number of aryl methyl sites for hydroxylation is 1. The Morgan fingerprint density at radius 2 is 2.07 bits per heavy atom. The molecule has 84 valence electrons. The van der Waals surface area contributed by atoms with Crippen LogP contribution in [0.15, 0.2) is 16.6 Å². The second kappa shape index (κ2) is 5.08. The summed E-state index contributed by atoms with van der Waals surface area (Å²) in [7, 11) is 0. The zero-order valence-electron chi connectivity index (χ0n) is 9.35. The first-order chi connectivity index (χ1) is 6.97. The zero-order chi connectivity index (χ0) is 11.6. The molecule has 0 radical (unpaired) electrons. The van der Waals surface area contributed by atoms with Crippen LogP contribution in [0.2, 0.25) is 0 Å². The summed E-state index contributed by atoms with van der Waals surface area (Å²) >= 11 is 3.36. The third-order valence-electron chi connectivity index (χ3n) is 2.86. The van der Waals surface area contributed by atoms with Gasteiger partial charge in [-0.25, -0.2) is 4.39 Å². The number of hydrogen-bond acceptors (Lipinski definition) is 1. The highest BCUT2D eigenvalue weighted by Crippen LogP contribution is 2.28. The van der Waals surface area contributed by atoms with Crippen molar-refractivity contribution in [3.63, 3.8) is 0 Å². The molecule has 15 heavy (non-hydrogen) atoms. The molecule has 2 N–H and O–H groups in total. The third kappa shape index (κ3) is 2.79. The van der Waals surface area contributed by atoms with E-state index < -0.39 is 0 Å². The Bertz CT molecular complexity index is 352. The molecule has 3 heteroatoms. The molecule has 1 unspecified atom stereocenters. The van der Waals surface area contributed by atoms with Crippen molar-refractivity contribution in [3.8, 4) is 0 Å². The van der Waals surface area contributed by atoms with Crippen LogP contribution in [-0.2, 0) is 0 Å². The normalized spacial score (nSPS) is 15.1. The molecule has 0 aromatic heterocycles. The van der Waals surface area contributed by atoms with E-state index in [1.165, 1.54) is 0 Å². The molecule has 0 fully saturated rings. The third-order valence-corrected chi connectivity index (χ3v) is 3.32. The molecule has 0 saturated carbocycles. The van der Waals surface area contributed by atoms with E-state index in [0.29, 0.717) is 11.1 Å².